The van der Waals surface area contributed by atoms with Crippen LogP contribution in [-0.4, -0.2) is 139 Å². The zero-order chi connectivity index (χ0) is 40.9. The molecule has 2 aromatic rings. The van der Waals surface area contributed by atoms with Crippen molar-refractivity contribution >= 4 is 47.0 Å². The summed E-state index contributed by atoms with van der Waals surface area (Å²) in [4.78, 5) is 63.3. The molecule has 3 saturated heterocycles. The molecule has 17 heteroatoms. The number of unbranched alkanes of at least 4 members (excludes halogenated alkanes) is 1. The van der Waals surface area contributed by atoms with Gasteiger partial charge in [-0.05, 0) is 74.9 Å². The molecular weight excluding hydrogens is 767 g/mol. The third-order valence-electron chi connectivity index (χ3n) is 11.6. The van der Waals surface area contributed by atoms with Gasteiger partial charge in [-0.1, -0.05) is 43.1 Å². The number of anilines is 2. The summed E-state index contributed by atoms with van der Waals surface area (Å²) in [6.45, 7) is 5.99. The van der Waals surface area contributed by atoms with Gasteiger partial charge in [-0.3, -0.25) is 14.5 Å². The summed E-state index contributed by atoms with van der Waals surface area (Å²) in [6.07, 6.45) is -2.96. The first-order valence-electron chi connectivity index (χ1n) is 19.9. The van der Waals surface area contributed by atoms with E-state index in [0.717, 1.165) is 36.7 Å². The van der Waals surface area contributed by atoms with Gasteiger partial charge in [-0.15, -0.1) is 0 Å². The molecule has 3 N–H and O–H groups in total. The van der Waals surface area contributed by atoms with Gasteiger partial charge in [0, 0.05) is 76.5 Å². The van der Waals surface area contributed by atoms with E-state index < -0.39 is 41.6 Å². The van der Waals surface area contributed by atoms with Crippen molar-refractivity contribution in [1.82, 2.24) is 24.5 Å². The van der Waals surface area contributed by atoms with Gasteiger partial charge in [0.2, 0.25) is 0 Å². The number of fused-ring (bicyclic) bond motifs is 1. The first-order valence-corrected chi connectivity index (χ1v) is 20.3. The number of nitrogens with two attached hydrogens (primary N) is 1. The number of likely N-dealkylation sites (N-methyl/N-ethyl adjacent to an activating group) is 1. The number of halogens is 4. The molecule has 0 saturated carbocycles. The van der Waals surface area contributed by atoms with Crippen molar-refractivity contribution in [3.63, 3.8) is 0 Å². The summed E-state index contributed by atoms with van der Waals surface area (Å²) in [5.41, 5.74) is 5.78. The number of carbonyl (C=O) groups excluding carboxylic acids is 4. The van der Waals surface area contributed by atoms with Crippen molar-refractivity contribution in [3.8, 4) is 0 Å². The fourth-order valence-corrected chi connectivity index (χ4v) is 8.57. The lowest BCUT2D eigenvalue weighted by atomic mass is 9.97. The highest BCUT2D eigenvalue weighted by molar-refractivity contribution is 6.33. The number of nitrogen functional groups attached to an aromatic ring is 1. The molecule has 6 rings (SSSR count). The second-order valence-corrected chi connectivity index (χ2v) is 15.9. The molecule has 4 aliphatic heterocycles. The number of carbonyl (C=O) groups is 4. The minimum absolute atomic E-state index is 0.000491. The first-order chi connectivity index (χ1) is 27.2. The van der Waals surface area contributed by atoms with E-state index in [9.17, 15) is 32.3 Å². The van der Waals surface area contributed by atoms with E-state index in [-0.39, 0.29) is 54.2 Å². The van der Waals surface area contributed by atoms with Gasteiger partial charge in [0.05, 0.1) is 22.9 Å². The molecular formula is C40H53ClF3N7O6. The van der Waals surface area contributed by atoms with Crippen molar-refractivity contribution in [1.29, 1.82) is 0 Å². The number of hydrogen-bond acceptors (Lipinski definition) is 9. The molecule has 3 fully saturated rings. The van der Waals surface area contributed by atoms with Gasteiger partial charge >= 0.3 is 24.3 Å². The fraction of sp³-hybridized carbons (Fsp3) is 0.600. The zero-order valence-electron chi connectivity index (χ0n) is 32.6. The Balaban J connectivity index is 1.13. The minimum Gasteiger partial charge on any atom is -0.464 e. The van der Waals surface area contributed by atoms with Gasteiger partial charge < -0.3 is 40.1 Å². The molecule has 0 spiro atoms. The third-order valence-corrected chi connectivity index (χ3v) is 11.9. The number of ether oxygens (including phenoxy) is 2. The van der Waals surface area contributed by atoms with Crippen molar-refractivity contribution in [3.05, 3.63) is 58.1 Å². The Bertz CT molecular complexity index is 1770. The van der Waals surface area contributed by atoms with Crippen molar-refractivity contribution < 1.29 is 41.8 Å². The zero-order valence-corrected chi connectivity index (χ0v) is 33.3. The van der Waals surface area contributed by atoms with E-state index >= 15 is 0 Å². The molecule has 312 valence electrons. The normalized spacial score (nSPS) is 21.1. The number of rotatable bonds is 10. The van der Waals surface area contributed by atoms with E-state index in [4.69, 9.17) is 26.8 Å². The van der Waals surface area contributed by atoms with Crippen molar-refractivity contribution in [2.75, 3.05) is 77.1 Å². The van der Waals surface area contributed by atoms with Crippen LogP contribution in [0.25, 0.3) is 0 Å². The third kappa shape index (κ3) is 10.2. The van der Waals surface area contributed by atoms with Crippen LogP contribution in [0.15, 0.2) is 36.4 Å². The van der Waals surface area contributed by atoms with Gasteiger partial charge in [0.15, 0.2) is 6.10 Å². The number of urea groups is 1. The minimum atomic E-state index is -4.80. The van der Waals surface area contributed by atoms with Crippen LogP contribution in [-0.2, 0) is 38.1 Å². The maximum absolute atomic E-state index is 14.2. The summed E-state index contributed by atoms with van der Waals surface area (Å²) in [6, 6.07) is 8.98. The number of piperidine rings is 2. The number of amides is 4. The highest BCUT2D eigenvalue weighted by atomic mass is 35.5. The Morgan fingerprint density at radius 2 is 1.65 bits per heavy atom. The number of alkyl halides is 3. The van der Waals surface area contributed by atoms with Gasteiger partial charge in [0.1, 0.15) is 6.04 Å². The Kier molecular flexibility index (Phi) is 13.8. The second kappa shape index (κ2) is 18.5. The average Bonchev–Trinajstić information content (AvgIpc) is 3.36. The lowest BCUT2D eigenvalue weighted by molar-refractivity contribution is -0.155. The molecule has 4 heterocycles. The van der Waals surface area contributed by atoms with Crippen LogP contribution in [0.4, 0.5) is 34.1 Å². The van der Waals surface area contributed by atoms with E-state index in [0.29, 0.717) is 71.4 Å². The molecule has 4 aliphatic rings. The van der Waals surface area contributed by atoms with Crippen LogP contribution in [0.1, 0.15) is 62.1 Å². The lowest BCUT2D eigenvalue weighted by Crippen LogP contribution is -2.61. The number of para-hydroxylation sites is 1. The van der Waals surface area contributed by atoms with E-state index in [1.807, 2.05) is 38.2 Å². The Morgan fingerprint density at radius 1 is 0.965 bits per heavy atom. The molecule has 2 atom stereocenters. The monoisotopic (exact) mass is 819 g/mol. The number of nitrogens with one attached hydrogen (secondary N) is 1. The lowest BCUT2D eigenvalue weighted by Gasteiger charge is -2.45. The van der Waals surface area contributed by atoms with Crippen molar-refractivity contribution in [2.24, 2.45) is 0 Å². The number of likely N-dealkylation sites (tertiary alicyclic amines) is 2. The van der Waals surface area contributed by atoms with Crippen LogP contribution in [0.2, 0.25) is 5.02 Å². The predicted octanol–water partition coefficient (Wildman–Crippen LogP) is 5.49. The molecule has 0 aromatic heterocycles. The fourth-order valence-electron chi connectivity index (χ4n) is 8.33. The number of benzene rings is 2. The summed E-state index contributed by atoms with van der Waals surface area (Å²) < 4.78 is 53.3. The topological polar surface area (TPSA) is 141 Å². The highest BCUT2D eigenvalue weighted by Gasteiger charge is 2.41. The molecule has 0 unspecified atom stereocenters. The highest BCUT2D eigenvalue weighted by Crippen LogP contribution is 2.38. The largest absolute Gasteiger partial charge is 0.464 e. The SMILES string of the molecule is CCCCOC(=O)[C@@H]1CN(C)CCN1C1CCN(C(=O)[C@@H](Cc2cc(Cl)c(N)c(C(F)(F)F)c2)OC(=O)N2CCC(N3CCc4ccccc4NC3=O)CC2)CC1. The summed E-state index contributed by atoms with van der Waals surface area (Å²) >= 11 is 6.15. The Labute approximate surface area is 336 Å². The summed E-state index contributed by atoms with van der Waals surface area (Å²) in [7, 11) is 1.97. The molecule has 57 heavy (non-hydrogen) atoms. The van der Waals surface area contributed by atoms with Gasteiger partial charge in [-0.2, -0.15) is 13.2 Å². The average molecular weight is 820 g/mol. The van der Waals surface area contributed by atoms with Gasteiger partial charge in [-0.25, -0.2) is 9.59 Å². The maximum atomic E-state index is 14.2. The second-order valence-electron chi connectivity index (χ2n) is 15.5. The molecule has 0 radical (unpaired) electrons. The van der Waals surface area contributed by atoms with E-state index in [1.54, 1.807) is 9.80 Å². The van der Waals surface area contributed by atoms with Crippen molar-refractivity contribution in [2.45, 2.75) is 88.7 Å². The quantitative estimate of drug-likeness (QED) is 0.181. The summed E-state index contributed by atoms with van der Waals surface area (Å²) in [5.74, 6) is -0.793. The number of esters is 1. The molecule has 0 bridgehead atoms. The predicted molar refractivity (Wildman–Crippen MR) is 209 cm³/mol. The Hall–Kier alpha value is -4.28. The molecule has 13 nitrogen and oxygen atoms in total. The molecule has 4 amide bonds. The first kappa shape index (κ1) is 42.3. The van der Waals surface area contributed by atoms with E-state index in [1.165, 1.54) is 11.0 Å². The molecule has 0 aliphatic carbocycles. The van der Waals surface area contributed by atoms with Gasteiger partial charge in [0.25, 0.3) is 5.91 Å². The van der Waals surface area contributed by atoms with Crippen LogP contribution in [0, 0.1) is 0 Å². The molecule has 2 aromatic carbocycles. The van der Waals surface area contributed by atoms with Crippen LogP contribution >= 0.6 is 11.6 Å². The van der Waals surface area contributed by atoms with Crippen LogP contribution in [0.3, 0.4) is 0 Å². The smallest absolute Gasteiger partial charge is 0.418 e. The Morgan fingerprint density at radius 3 is 2.35 bits per heavy atom. The number of nitrogens with zero attached hydrogens (tertiary/aromatic N) is 5. The maximum Gasteiger partial charge on any atom is 0.418 e. The number of hydrogen-bond donors (Lipinski definition) is 2. The number of piperazine rings is 1. The van der Waals surface area contributed by atoms with Crippen LogP contribution < -0.4 is 11.1 Å². The summed E-state index contributed by atoms with van der Waals surface area (Å²) in [5, 5.41) is 2.66. The van der Waals surface area contributed by atoms with E-state index in [2.05, 4.69) is 15.1 Å². The van der Waals surface area contributed by atoms with Crippen LogP contribution in [0.5, 0.6) is 0 Å². The standard InChI is InChI=1S/C40H53ClF3N7O6/c1-3-4-21-56-37(53)33-25-47(2)19-20-50(33)28-10-14-48(15-11-28)36(52)34(24-26-22-30(40(42,43)44)35(45)31(41)23-26)57-39(55)49-16-12-29(13-17-49)51-18-9-27-7-5-6-8-32(27)46-38(51)54/h5-8,22-23,28-29,33-34H,3-4,9-21,24-25,45H2,1-2H3,(H,46,54)/t33-,34+/m0/s1.